The highest BCUT2D eigenvalue weighted by molar-refractivity contribution is 7.89. The van der Waals surface area contributed by atoms with E-state index in [1.165, 1.54) is 24.3 Å². The molecule has 1 aromatic rings. The Morgan fingerprint density at radius 3 is 2.61 bits per heavy atom. The van der Waals surface area contributed by atoms with Crippen LogP contribution in [-0.2, 0) is 10.0 Å². The van der Waals surface area contributed by atoms with E-state index in [0.29, 0.717) is 19.4 Å². The molecule has 0 amide bonds. The summed E-state index contributed by atoms with van der Waals surface area (Å²) in [6, 6.07) is 5.41. The van der Waals surface area contributed by atoms with Crippen LogP contribution < -0.4 is 15.7 Å². The monoisotopic (exact) mass is 274 g/mol. The molecule has 0 bridgehead atoms. The number of nitrogens with zero attached hydrogens (tertiary/aromatic N) is 1. The maximum absolute atomic E-state index is 11.9. The van der Waals surface area contributed by atoms with Crippen molar-refractivity contribution in [2.24, 2.45) is 5.73 Å². The zero-order valence-corrected chi connectivity index (χ0v) is 10.6. The number of nitrogens with one attached hydrogen (secondary N) is 1. The summed E-state index contributed by atoms with van der Waals surface area (Å²) < 4.78 is 26.1. The van der Waals surface area contributed by atoms with Gasteiger partial charge in [-0.1, -0.05) is 12.1 Å². The molecule has 0 aromatic heterocycles. The summed E-state index contributed by atoms with van der Waals surface area (Å²) >= 11 is 0. The Labute approximate surface area is 106 Å². The first kappa shape index (κ1) is 14.9. The predicted octanol–water partition coefficient (Wildman–Crippen LogP) is 0.397. The van der Waals surface area contributed by atoms with E-state index in [9.17, 15) is 13.6 Å². The average Bonchev–Trinajstić information content (AvgIpc) is 2.35. The van der Waals surface area contributed by atoms with Gasteiger partial charge in [0.2, 0.25) is 10.0 Å². The minimum absolute atomic E-state index is 0.234. The second-order valence-corrected chi connectivity index (χ2v) is 5.37. The fourth-order valence-corrected chi connectivity index (χ4v) is 2.64. The lowest BCUT2D eigenvalue weighted by Crippen LogP contribution is -2.27. The van der Waals surface area contributed by atoms with Crippen LogP contribution in [0.15, 0.2) is 29.2 Å². The summed E-state index contributed by atoms with van der Waals surface area (Å²) in [6.45, 7) is 0.724. The summed E-state index contributed by atoms with van der Waals surface area (Å²) in [4.78, 5) is -0.254. The summed E-state index contributed by atoms with van der Waals surface area (Å²) in [5, 5.41) is 19.2. The number of nitrogens with two attached hydrogens (primary N) is 1. The number of anilines is 1. The molecule has 0 spiro atoms. The summed E-state index contributed by atoms with van der Waals surface area (Å²) in [6.07, 6.45) is 1.32. The van der Waals surface area contributed by atoms with Gasteiger partial charge >= 0.3 is 0 Å². The highest BCUT2D eigenvalue weighted by atomic mass is 32.2. The topological polar surface area (TPSA) is 119 Å². The van der Waals surface area contributed by atoms with Gasteiger partial charge in [-0.3, -0.25) is 5.21 Å². The van der Waals surface area contributed by atoms with Crippen LogP contribution in [0.5, 0.6) is 0 Å². The molecule has 0 aliphatic heterocycles. The third-order valence-electron chi connectivity index (χ3n) is 2.28. The smallest absolute Gasteiger partial charge is 0.242 e. The largest absolute Gasteiger partial charge is 0.733 e. The second-order valence-electron chi connectivity index (χ2n) is 3.63. The van der Waals surface area contributed by atoms with Crippen LogP contribution >= 0.6 is 0 Å². The molecule has 0 aliphatic rings. The molecule has 7 nitrogen and oxygen atoms in total. The first-order chi connectivity index (χ1) is 8.49. The molecule has 4 N–H and O–H groups in total. The van der Waals surface area contributed by atoms with E-state index >= 15 is 0 Å². The fourth-order valence-electron chi connectivity index (χ4n) is 1.40. The number of rotatable bonds is 7. The Morgan fingerprint density at radius 2 is 2.00 bits per heavy atom. The van der Waals surface area contributed by atoms with Crippen LogP contribution in [0.4, 0.5) is 5.69 Å². The lowest BCUT2D eigenvalue weighted by atomic mass is 10.3. The molecular weight excluding hydrogens is 258 g/mol. The number of benzene rings is 1. The van der Waals surface area contributed by atoms with Crippen molar-refractivity contribution in [2.75, 3.05) is 18.3 Å². The third-order valence-corrected chi connectivity index (χ3v) is 3.79. The summed E-state index contributed by atoms with van der Waals surface area (Å²) in [5.41, 5.74) is 4.98. The number of para-hydroxylation sites is 1. The molecule has 0 aliphatic carbocycles. The number of sulfonamides is 1. The molecule has 1 rings (SSSR count). The van der Waals surface area contributed by atoms with Crippen LogP contribution in [0.3, 0.4) is 0 Å². The normalized spacial score (nSPS) is 11.5. The van der Waals surface area contributed by atoms with E-state index in [1.807, 2.05) is 0 Å². The standard InChI is InChI=1S/C10H16N3O4S/c11-7-3-4-8-12-18(16,17)10-6-2-1-5-9(10)13(14)15/h1-2,5-6,12,14H,3-4,7-8,11H2/q-1. The molecule has 18 heavy (non-hydrogen) atoms. The molecule has 0 heterocycles. The lowest BCUT2D eigenvalue weighted by Gasteiger charge is -2.24. The van der Waals surface area contributed by atoms with Crippen molar-refractivity contribution in [3.05, 3.63) is 29.5 Å². The van der Waals surface area contributed by atoms with Gasteiger partial charge in [0.25, 0.3) is 0 Å². The van der Waals surface area contributed by atoms with Crippen molar-refractivity contribution < 1.29 is 13.6 Å². The van der Waals surface area contributed by atoms with Gasteiger partial charge in [0.1, 0.15) is 4.90 Å². The average molecular weight is 274 g/mol. The maximum atomic E-state index is 11.9. The molecule has 8 heteroatoms. The van der Waals surface area contributed by atoms with Crippen molar-refractivity contribution in [1.29, 1.82) is 0 Å². The Morgan fingerprint density at radius 1 is 1.33 bits per heavy atom. The van der Waals surface area contributed by atoms with Crippen LogP contribution in [-0.4, -0.2) is 26.7 Å². The zero-order valence-electron chi connectivity index (χ0n) is 9.74. The molecule has 0 radical (unpaired) electrons. The maximum Gasteiger partial charge on any atom is 0.242 e. The predicted molar refractivity (Wildman–Crippen MR) is 67.6 cm³/mol. The molecule has 0 saturated carbocycles. The van der Waals surface area contributed by atoms with Crippen molar-refractivity contribution in [3.63, 3.8) is 0 Å². The molecule has 0 saturated heterocycles. The Hall–Kier alpha value is -1.19. The van der Waals surface area contributed by atoms with Gasteiger partial charge in [0.05, 0.1) is 5.69 Å². The highest BCUT2D eigenvalue weighted by Crippen LogP contribution is 2.22. The van der Waals surface area contributed by atoms with Gasteiger partial charge < -0.3 is 16.2 Å². The zero-order chi connectivity index (χ0) is 13.6. The third kappa shape index (κ3) is 3.93. The van der Waals surface area contributed by atoms with Gasteiger partial charge in [0, 0.05) is 6.54 Å². The van der Waals surface area contributed by atoms with Gasteiger partial charge in [-0.05, 0) is 31.5 Å². The van der Waals surface area contributed by atoms with Crippen molar-refractivity contribution in [2.45, 2.75) is 17.7 Å². The van der Waals surface area contributed by atoms with Gasteiger partial charge in [-0.2, -0.15) is 0 Å². The van der Waals surface area contributed by atoms with E-state index in [2.05, 4.69) is 4.72 Å². The Kier molecular flexibility index (Phi) is 5.51. The van der Waals surface area contributed by atoms with E-state index in [4.69, 9.17) is 10.9 Å². The molecule has 102 valence electrons. The van der Waals surface area contributed by atoms with Gasteiger partial charge in [-0.15, -0.1) is 0 Å². The second kappa shape index (κ2) is 6.66. The Balaban J connectivity index is 2.85. The number of unbranched alkanes of at least 4 members (excludes halogenated alkanes) is 1. The van der Waals surface area contributed by atoms with Crippen LogP contribution in [0.1, 0.15) is 12.8 Å². The minimum atomic E-state index is -3.81. The van der Waals surface area contributed by atoms with E-state index in [1.54, 1.807) is 0 Å². The van der Waals surface area contributed by atoms with E-state index in [-0.39, 0.29) is 17.1 Å². The molecule has 0 atom stereocenters. The van der Waals surface area contributed by atoms with Crippen molar-refractivity contribution in [1.82, 2.24) is 4.72 Å². The van der Waals surface area contributed by atoms with Crippen molar-refractivity contribution in [3.8, 4) is 0 Å². The first-order valence-electron chi connectivity index (χ1n) is 5.44. The van der Waals surface area contributed by atoms with Gasteiger partial charge in [-0.25, -0.2) is 13.1 Å². The van der Waals surface area contributed by atoms with Crippen LogP contribution in [0, 0.1) is 5.21 Å². The summed E-state index contributed by atoms with van der Waals surface area (Å²) in [7, 11) is -3.81. The van der Waals surface area contributed by atoms with E-state index in [0.717, 1.165) is 0 Å². The molecular formula is C10H16N3O4S-. The van der Waals surface area contributed by atoms with Gasteiger partial charge in [0.15, 0.2) is 0 Å². The highest BCUT2D eigenvalue weighted by Gasteiger charge is 2.17. The Bertz CT molecular complexity index is 476. The minimum Gasteiger partial charge on any atom is -0.733 e. The molecule has 0 fully saturated rings. The van der Waals surface area contributed by atoms with E-state index < -0.39 is 15.2 Å². The number of hydrogen-bond acceptors (Lipinski definition) is 6. The fraction of sp³-hybridized carbons (Fsp3) is 0.400. The lowest BCUT2D eigenvalue weighted by molar-refractivity contribution is 0.294. The quantitative estimate of drug-likeness (QED) is 0.489. The van der Waals surface area contributed by atoms with Crippen LogP contribution in [0.25, 0.3) is 0 Å². The molecule has 0 unspecified atom stereocenters. The first-order valence-corrected chi connectivity index (χ1v) is 6.92. The van der Waals surface area contributed by atoms with Crippen molar-refractivity contribution >= 4 is 15.7 Å². The summed E-state index contributed by atoms with van der Waals surface area (Å²) in [5.74, 6) is 0. The SMILES string of the molecule is NCCCCNS(=O)(=O)c1ccccc1N([O-])O. The number of hydrogen-bond donors (Lipinski definition) is 3. The van der Waals surface area contributed by atoms with Crippen LogP contribution in [0.2, 0.25) is 0 Å². The molecule has 1 aromatic carbocycles.